The predicted molar refractivity (Wildman–Crippen MR) is 133 cm³/mol. The minimum atomic E-state index is -0.425. The Balaban J connectivity index is 1.53. The Morgan fingerprint density at radius 3 is 2.14 bits per heavy atom. The second-order valence-corrected chi connectivity index (χ2v) is 8.87. The number of non-ortho nitro benzene ring substituents is 1. The van der Waals surface area contributed by atoms with Crippen LogP contribution in [0.4, 0.5) is 28.4 Å². The van der Waals surface area contributed by atoms with Crippen LogP contribution in [-0.2, 0) is 27.4 Å². The van der Waals surface area contributed by atoms with Crippen LogP contribution in [0.2, 0.25) is 0 Å². The number of anilines is 2. The molecule has 2 aromatic carbocycles. The highest BCUT2D eigenvalue weighted by Crippen LogP contribution is 2.44. The molecule has 0 N–H and O–H groups in total. The van der Waals surface area contributed by atoms with Gasteiger partial charge in [-0.15, -0.1) is 5.11 Å². The van der Waals surface area contributed by atoms with E-state index in [2.05, 4.69) is 25.5 Å². The fourth-order valence-electron chi connectivity index (χ4n) is 4.91. The highest BCUT2D eigenvalue weighted by molar-refractivity contribution is 6.03. The predicted octanol–water partition coefficient (Wildman–Crippen LogP) is 3.56. The van der Waals surface area contributed by atoms with Crippen molar-refractivity contribution >= 4 is 39.5 Å². The van der Waals surface area contributed by atoms with Gasteiger partial charge >= 0.3 is 0 Å². The number of imidazole rings is 1. The van der Waals surface area contributed by atoms with Crippen molar-refractivity contribution < 1.29 is 19.1 Å². The van der Waals surface area contributed by atoms with Crippen LogP contribution in [-0.4, -0.2) is 73.7 Å². The average molecular weight is 494 g/mol. The molecule has 0 saturated carbocycles. The monoisotopic (exact) mass is 493 g/mol. The Labute approximate surface area is 207 Å². The first kappa shape index (κ1) is 22.8. The van der Waals surface area contributed by atoms with Crippen molar-refractivity contribution in [3.05, 3.63) is 46.3 Å². The maximum absolute atomic E-state index is 11.0. The Morgan fingerprint density at radius 2 is 1.47 bits per heavy atom. The zero-order valence-corrected chi connectivity index (χ0v) is 19.8. The van der Waals surface area contributed by atoms with Crippen molar-refractivity contribution in [1.82, 2.24) is 9.55 Å². The molecule has 0 unspecified atom stereocenters. The molecule has 0 spiro atoms. The first-order chi connectivity index (χ1) is 17.7. The smallest absolute Gasteiger partial charge is 0.269 e. The van der Waals surface area contributed by atoms with Crippen LogP contribution >= 0.6 is 0 Å². The number of nitro groups is 1. The average Bonchev–Trinajstić information content (AvgIpc) is 3.32. The molecule has 3 aliphatic heterocycles. The molecule has 0 radical (unpaired) electrons. The number of hydrogen-bond donors (Lipinski definition) is 0. The first-order valence-corrected chi connectivity index (χ1v) is 12.1. The van der Waals surface area contributed by atoms with Gasteiger partial charge in [-0.25, -0.2) is 4.98 Å². The van der Waals surface area contributed by atoms with Crippen LogP contribution in [0, 0.1) is 10.1 Å². The van der Waals surface area contributed by atoms with Crippen LogP contribution in [0.25, 0.3) is 11.0 Å². The number of ether oxygens (including phenoxy) is 3. The molecule has 0 atom stereocenters. The van der Waals surface area contributed by atoms with Gasteiger partial charge in [0.1, 0.15) is 29.2 Å². The van der Waals surface area contributed by atoms with Crippen LogP contribution < -0.4 is 9.80 Å². The fraction of sp³-hybridized carbons (Fsp3) is 0.458. The lowest BCUT2D eigenvalue weighted by Gasteiger charge is -2.33. The molecule has 12 nitrogen and oxygen atoms in total. The summed E-state index contributed by atoms with van der Waals surface area (Å²) in [6, 6.07) is 8.26. The van der Waals surface area contributed by atoms with E-state index < -0.39 is 4.92 Å². The third-order valence-electron chi connectivity index (χ3n) is 6.75. The molecule has 0 amide bonds. The number of rotatable bonds is 5. The largest absolute Gasteiger partial charge is 0.378 e. The van der Waals surface area contributed by atoms with E-state index in [-0.39, 0.29) is 5.69 Å². The van der Waals surface area contributed by atoms with Crippen LogP contribution in [0.1, 0.15) is 5.82 Å². The van der Waals surface area contributed by atoms with Gasteiger partial charge in [-0.05, 0) is 18.2 Å². The van der Waals surface area contributed by atoms with Crippen LogP contribution in [0.15, 0.2) is 40.6 Å². The number of azo groups is 1. The van der Waals surface area contributed by atoms with Gasteiger partial charge in [0.25, 0.3) is 5.69 Å². The van der Waals surface area contributed by atoms with Gasteiger partial charge in [-0.1, -0.05) is 0 Å². The molecule has 36 heavy (non-hydrogen) atoms. The number of benzene rings is 2. The molecular formula is C24H27N7O5. The number of morpholine rings is 2. The zero-order chi connectivity index (χ0) is 24.5. The number of hydrogen-bond acceptors (Lipinski definition) is 10. The lowest BCUT2D eigenvalue weighted by Crippen LogP contribution is -2.38. The minimum Gasteiger partial charge on any atom is -0.378 e. The van der Waals surface area contributed by atoms with E-state index in [9.17, 15) is 10.1 Å². The van der Waals surface area contributed by atoms with E-state index in [4.69, 9.17) is 24.3 Å². The molecule has 3 aliphatic rings. The molecule has 4 heterocycles. The molecule has 6 rings (SSSR count). The third kappa shape index (κ3) is 4.27. The zero-order valence-electron chi connectivity index (χ0n) is 19.8. The number of nitrogens with zero attached hydrogens (tertiary/aromatic N) is 7. The SMILES string of the molecule is O=[N+]([O-])c1ccc(N=Nc2c(N3CCOCC3)cc(N3CCOCC3)c3nc4n(c23)CCOC4)cc1. The standard InChI is InChI=1S/C24H27N7O5/c32-31(33)18-3-1-17(2-4-18)26-27-23-20(29-7-12-35-13-8-29)15-19(28-5-10-34-11-6-28)22-24(23)30-9-14-36-16-21(30)25-22/h1-4,15H,5-14,16H2. The second-order valence-electron chi connectivity index (χ2n) is 8.87. The Morgan fingerprint density at radius 1 is 0.833 bits per heavy atom. The van der Waals surface area contributed by atoms with Crippen molar-refractivity contribution in [3.8, 4) is 0 Å². The maximum Gasteiger partial charge on any atom is 0.269 e. The van der Waals surface area contributed by atoms with Gasteiger partial charge in [0.2, 0.25) is 0 Å². The Hall–Kier alpha value is -3.61. The molecule has 3 aromatic rings. The molecule has 2 fully saturated rings. The minimum absolute atomic E-state index is 0.0186. The fourth-order valence-corrected chi connectivity index (χ4v) is 4.91. The number of fused-ring (bicyclic) bond motifs is 3. The summed E-state index contributed by atoms with van der Waals surface area (Å²) < 4.78 is 19.1. The van der Waals surface area contributed by atoms with Gasteiger partial charge in [0.15, 0.2) is 0 Å². The Bertz CT molecular complexity index is 1290. The molecular weight excluding hydrogens is 466 g/mol. The van der Waals surface area contributed by atoms with E-state index >= 15 is 0 Å². The van der Waals surface area contributed by atoms with Gasteiger partial charge in [-0.2, -0.15) is 5.11 Å². The van der Waals surface area contributed by atoms with Gasteiger partial charge in [0.05, 0.1) is 55.0 Å². The summed E-state index contributed by atoms with van der Waals surface area (Å²) in [5.74, 6) is 0.872. The highest BCUT2D eigenvalue weighted by atomic mass is 16.6. The van der Waals surface area contributed by atoms with E-state index in [0.717, 1.165) is 60.1 Å². The Kier molecular flexibility index (Phi) is 6.21. The lowest BCUT2D eigenvalue weighted by molar-refractivity contribution is -0.384. The van der Waals surface area contributed by atoms with Crippen molar-refractivity contribution in [2.75, 3.05) is 69.0 Å². The summed E-state index contributed by atoms with van der Waals surface area (Å²) in [7, 11) is 0. The normalized spacial score (nSPS) is 18.7. The summed E-state index contributed by atoms with van der Waals surface area (Å²) >= 11 is 0. The van der Waals surface area contributed by atoms with Crippen molar-refractivity contribution in [2.45, 2.75) is 13.2 Å². The van der Waals surface area contributed by atoms with E-state index in [1.807, 2.05) is 0 Å². The molecule has 0 bridgehead atoms. The number of aromatic nitrogens is 2. The van der Waals surface area contributed by atoms with Crippen molar-refractivity contribution in [1.29, 1.82) is 0 Å². The van der Waals surface area contributed by atoms with E-state index in [1.54, 1.807) is 12.1 Å². The topological polar surface area (TPSA) is 120 Å². The van der Waals surface area contributed by atoms with Gasteiger partial charge < -0.3 is 28.6 Å². The maximum atomic E-state index is 11.0. The van der Waals surface area contributed by atoms with Crippen LogP contribution in [0.5, 0.6) is 0 Å². The summed E-state index contributed by atoms with van der Waals surface area (Å²) in [6.45, 7) is 7.44. The highest BCUT2D eigenvalue weighted by Gasteiger charge is 2.28. The number of nitro benzene ring substituents is 1. The lowest BCUT2D eigenvalue weighted by atomic mass is 10.1. The molecule has 12 heteroatoms. The van der Waals surface area contributed by atoms with E-state index in [1.165, 1.54) is 12.1 Å². The van der Waals surface area contributed by atoms with E-state index in [0.29, 0.717) is 51.9 Å². The second kappa shape index (κ2) is 9.80. The summed E-state index contributed by atoms with van der Waals surface area (Å²) in [4.78, 5) is 20.2. The summed E-state index contributed by atoms with van der Waals surface area (Å²) in [5, 5.41) is 20.3. The molecule has 1 aromatic heterocycles. The first-order valence-electron chi connectivity index (χ1n) is 12.1. The van der Waals surface area contributed by atoms with Crippen LogP contribution in [0.3, 0.4) is 0 Å². The molecule has 188 valence electrons. The summed E-state index contributed by atoms with van der Waals surface area (Å²) in [5.41, 5.74) is 5.16. The van der Waals surface area contributed by atoms with Gasteiger partial charge in [-0.3, -0.25) is 10.1 Å². The van der Waals surface area contributed by atoms with Crippen molar-refractivity contribution in [2.24, 2.45) is 10.2 Å². The quantitative estimate of drug-likeness (QED) is 0.301. The molecule has 0 aliphatic carbocycles. The third-order valence-corrected chi connectivity index (χ3v) is 6.75. The van der Waals surface area contributed by atoms with Crippen molar-refractivity contribution in [3.63, 3.8) is 0 Å². The van der Waals surface area contributed by atoms with Gasteiger partial charge in [0, 0.05) is 44.9 Å². The summed E-state index contributed by atoms with van der Waals surface area (Å²) in [6.07, 6.45) is 0. The molecule has 2 saturated heterocycles.